The highest BCUT2D eigenvalue weighted by atomic mass is 35.5. The van der Waals surface area contributed by atoms with Crippen LogP contribution in [0, 0.1) is 0 Å². The lowest BCUT2D eigenvalue weighted by atomic mass is 10.0. The van der Waals surface area contributed by atoms with Gasteiger partial charge in [0.15, 0.2) is 5.75 Å². The summed E-state index contributed by atoms with van der Waals surface area (Å²) >= 11 is 11.3. The van der Waals surface area contributed by atoms with Crippen molar-refractivity contribution in [3.05, 3.63) is 28.3 Å². The Morgan fingerprint density at radius 1 is 1.29 bits per heavy atom. The Balaban J connectivity index is 2.28. The van der Waals surface area contributed by atoms with Gasteiger partial charge in [0.25, 0.3) is 5.17 Å². The first-order chi connectivity index (χ1) is 11.1. The summed E-state index contributed by atoms with van der Waals surface area (Å²) in [5.74, 6) is -1.48. The molecule has 1 aliphatic rings. The van der Waals surface area contributed by atoms with Gasteiger partial charge in [-0.15, -0.1) is 0 Å². The van der Waals surface area contributed by atoms with Crippen molar-refractivity contribution in [3.8, 4) is 5.75 Å². The lowest BCUT2D eigenvalue weighted by Crippen LogP contribution is -2.42. The highest BCUT2D eigenvalue weighted by Crippen LogP contribution is 2.34. The number of fused-ring (bicyclic) bond motifs is 1. The fourth-order valence-electron chi connectivity index (χ4n) is 2.43. The summed E-state index contributed by atoms with van der Waals surface area (Å²) in [4.78, 5) is 13.9. The topological polar surface area (TPSA) is 32.8 Å². The second-order valence-corrected chi connectivity index (χ2v) is 6.32. The molecular formula is C15H16ClF3N2O2S. The van der Waals surface area contributed by atoms with Gasteiger partial charge in [0, 0.05) is 32.7 Å². The SMILES string of the molecule is CN(C)C(=S)Oc1c(Cl)ccc2c1CCN(C(=O)C(F)(F)F)CC2. The molecule has 0 fully saturated rings. The molecule has 1 aromatic rings. The van der Waals surface area contributed by atoms with Gasteiger partial charge in [-0.2, -0.15) is 13.2 Å². The summed E-state index contributed by atoms with van der Waals surface area (Å²) in [6.07, 6.45) is -4.37. The van der Waals surface area contributed by atoms with E-state index in [2.05, 4.69) is 0 Å². The third kappa shape index (κ3) is 4.10. The average molecular weight is 381 g/mol. The predicted molar refractivity (Wildman–Crippen MR) is 88.4 cm³/mol. The number of thiocarbonyl (C=S) groups is 1. The van der Waals surface area contributed by atoms with Crippen LogP contribution >= 0.6 is 23.8 Å². The van der Waals surface area contributed by atoms with Crippen LogP contribution in [0.2, 0.25) is 5.02 Å². The van der Waals surface area contributed by atoms with E-state index < -0.39 is 12.1 Å². The van der Waals surface area contributed by atoms with Gasteiger partial charge in [-0.05, 0) is 36.7 Å². The van der Waals surface area contributed by atoms with E-state index in [0.717, 1.165) is 10.5 Å². The molecule has 24 heavy (non-hydrogen) atoms. The highest BCUT2D eigenvalue weighted by molar-refractivity contribution is 7.80. The number of benzene rings is 1. The monoisotopic (exact) mass is 380 g/mol. The predicted octanol–water partition coefficient (Wildman–Crippen LogP) is 3.05. The van der Waals surface area contributed by atoms with E-state index in [0.29, 0.717) is 22.8 Å². The fraction of sp³-hybridized carbons (Fsp3) is 0.467. The van der Waals surface area contributed by atoms with E-state index in [1.165, 1.54) is 0 Å². The zero-order valence-corrected chi connectivity index (χ0v) is 14.7. The molecule has 0 unspecified atom stereocenters. The number of carbonyl (C=O) groups excluding carboxylic acids is 1. The molecule has 4 nitrogen and oxygen atoms in total. The quantitative estimate of drug-likeness (QED) is 0.701. The van der Waals surface area contributed by atoms with Crippen molar-refractivity contribution in [2.45, 2.75) is 19.0 Å². The number of halogens is 4. The number of rotatable bonds is 1. The molecule has 0 aromatic heterocycles. The molecule has 0 radical (unpaired) electrons. The van der Waals surface area contributed by atoms with Crippen LogP contribution in [-0.4, -0.2) is 54.2 Å². The number of alkyl halides is 3. The Hall–Kier alpha value is -1.54. The van der Waals surface area contributed by atoms with Gasteiger partial charge in [-0.25, -0.2) is 0 Å². The molecule has 1 aromatic carbocycles. The van der Waals surface area contributed by atoms with Crippen LogP contribution < -0.4 is 4.74 Å². The number of hydrogen-bond donors (Lipinski definition) is 0. The number of hydrogen-bond acceptors (Lipinski definition) is 3. The first-order valence-corrected chi connectivity index (χ1v) is 7.95. The van der Waals surface area contributed by atoms with Crippen LogP contribution in [0.1, 0.15) is 11.1 Å². The number of amides is 1. The molecular weight excluding hydrogens is 365 g/mol. The first-order valence-electron chi connectivity index (χ1n) is 7.16. The maximum atomic E-state index is 12.6. The molecule has 0 spiro atoms. The van der Waals surface area contributed by atoms with Crippen molar-refractivity contribution < 1.29 is 22.7 Å². The normalized spacial score (nSPS) is 14.7. The van der Waals surface area contributed by atoms with Crippen LogP contribution in [0.5, 0.6) is 5.75 Å². The zero-order valence-electron chi connectivity index (χ0n) is 13.1. The minimum Gasteiger partial charge on any atom is -0.430 e. The van der Waals surface area contributed by atoms with Gasteiger partial charge < -0.3 is 14.5 Å². The van der Waals surface area contributed by atoms with Crippen LogP contribution in [0.15, 0.2) is 12.1 Å². The Bertz CT molecular complexity index is 665. The minimum absolute atomic E-state index is 0.00938. The number of nitrogens with zero attached hydrogens (tertiary/aromatic N) is 2. The molecule has 0 N–H and O–H groups in total. The van der Waals surface area contributed by atoms with Gasteiger partial charge in [0.05, 0.1) is 5.02 Å². The van der Waals surface area contributed by atoms with E-state index in [1.807, 2.05) is 0 Å². The summed E-state index contributed by atoms with van der Waals surface area (Å²) < 4.78 is 43.5. The molecule has 132 valence electrons. The fourth-order valence-corrected chi connectivity index (χ4v) is 2.73. The Morgan fingerprint density at radius 3 is 2.50 bits per heavy atom. The van der Waals surface area contributed by atoms with Gasteiger partial charge in [-0.3, -0.25) is 4.79 Å². The average Bonchev–Trinajstić information content (AvgIpc) is 2.70. The standard InChI is InChI=1S/C15H16ClF3N2O2S/c1-20(2)14(24)23-12-10-6-8-21(13(22)15(17,18)19)7-5-9(10)3-4-11(12)16/h3-4H,5-8H2,1-2H3. The lowest BCUT2D eigenvalue weighted by Gasteiger charge is -2.21. The highest BCUT2D eigenvalue weighted by Gasteiger charge is 2.42. The van der Waals surface area contributed by atoms with E-state index >= 15 is 0 Å². The third-order valence-corrected chi connectivity index (χ3v) is 4.42. The van der Waals surface area contributed by atoms with E-state index in [9.17, 15) is 18.0 Å². The second kappa shape index (κ2) is 7.14. The van der Waals surface area contributed by atoms with Gasteiger partial charge in [0.2, 0.25) is 0 Å². The van der Waals surface area contributed by atoms with Gasteiger partial charge in [-0.1, -0.05) is 17.7 Å². The van der Waals surface area contributed by atoms with Crippen LogP contribution in [-0.2, 0) is 17.6 Å². The molecule has 1 heterocycles. The first kappa shape index (κ1) is 18.8. The number of ether oxygens (including phenoxy) is 1. The number of carbonyl (C=O) groups is 1. The minimum atomic E-state index is -4.88. The molecule has 0 atom stereocenters. The van der Waals surface area contributed by atoms with Crippen molar-refractivity contribution >= 4 is 34.9 Å². The van der Waals surface area contributed by atoms with Crippen molar-refractivity contribution in [2.24, 2.45) is 0 Å². The van der Waals surface area contributed by atoms with Crippen molar-refractivity contribution in [1.82, 2.24) is 9.80 Å². The van der Waals surface area contributed by atoms with E-state index in [1.54, 1.807) is 31.1 Å². The Morgan fingerprint density at radius 2 is 1.92 bits per heavy atom. The molecule has 2 rings (SSSR count). The summed E-state index contributed by atoms with van der Waals surface area (Å²) in [7, 11) is 3.42. The van der Waals surface area contributed by atoms with Crippen molar-refractivity contribution in [3.63, 3.8) is 0 Å². The summed E-state index contributed by atoms with van der Waals surface area (Å²) in [6, 6.07) is 3.36. The summed E-state index contributed by atoms with van der Waals surface area (Å²) in [5.41, 5.74) is 1.48. The molecule has 0 aliphatic carbocycles. The van der Waals surface area contributed by atoms with Crippen molar-refractivity contribution in [2.75, 3.05) is 27.2 Å². The van der Waals surface area contributed by atoms with Crippen LogP contribution in [0.3, 0.4) is 0 Å². The van der Waals surface area contributed by atoms with Crippen molar-refractivity contribution in [1.29, 1.82) is 0 Å². The molecule has 0 bridgehead atoms. The Kier molecular flexibility index (Phi) is 5.59. The van der Waals surface area contributed by atoms with E-state index in [-0.39, 0.29) is 24.7 Å². The second-order valence-electron chi connectivity index (χ2n) is 5.57. The zero-order chi connectivity index (χ0) is 18.1. The van der Waals surface area contributed by atoms with E-state index in [4.69, 9.17) is 28.6 Å². The lowest BCUT2D eigenvalue weighted by molar-refractivity contribution is -0.185. The third-order valence-electron chi connectivity index (χ3n) is 3.68. The maximum Gasteiger partial charge on any atom is 0.471 e. The van der Waals surface area contributed by atoms with Crippen LogP contribution in [0.4, 0.5) is 13.2 Å². The largest absolute Gasteiger partial charge is 0.471 e. The summed E-state index contributed by atoms with van der Waals surface area (Å²) in [6.45, 7) is -0.0681. The molecule has 1 aliphatic heterocycles. The van der Waals surface area contributed by atoms with Gasteiger partial charge >= 0.3 is 12.1 Å². The molecule has 1 amide bonds. The molecule has 0 saturated heterocycles. The smallest absolute Gasteiger partial charge is 0.430 e. The maximum absolute atomic E-state index is 12.6. The molecule has 0 saturated carbocycles. The summed E-state index contributed by atoms with van der Waals surface area (Å²) in [5, 5.41) is 0.520. The molecule has 9 heteroatoms. The van der Waals surface area contributed by atoms with Crippen LogP contribution in [0.25, 0.3) is 0 Å². The van der Waals surface area contributed by atoms with Gasteiger partial charge in [0.1, 0.15) is 0 Å². The Labute approximate surface area is 148 Å².